The van der Waals surface area contributed by atoms with E-state index in [-0.39, 0.29) is 55.6 Å². The van der Waals surface area contributed by atoms with Crippen molar-refractivity contribution in [1.82, 2.24) is 41.3 Å². The van der Waals surface area contributed by atoms with E-state index in [2.05, 4.69) is 31.9 Å². The number of methoxy groups -OCH3 is 2. The predicted octanol–water partition coefficient (Wildman–Crippen LogP) is 4.69. The first kappa shape index (κ1) is 68.9. The minimum Gasteiger partial charge on any atom is -0.445 e. The zero-order valence-corrected chi connectivity index (χ0v) is 50.6. The minimum atomic E-state index is -1.05. The fraction of sp³-hybridized carbons (Fsp3) is 0.661. The second-order valence-electron chi connectivity index (χ2n) is 22.5. The van der Waals surface area contributed by atoms with Crippen LogP contribution >= 0.6 is 0 Å². The Bertz CT molecular complexity index is 2340. The summed E-state index contributed by atoms with van der Waals surface area (Å²) >= 11 is 0. The van der Waals surface area contributed by atoms with Gasteiger partial charge >= 0.3 is 12.1 Å². The van der Waals surface area contributed by atoms with E-state index < -0.39 is 108 Å². The molecule has 0 unspecified atom stereocenters. The maximum Gasteiger partial charge on any atom is 0.410 e. The van der Waals surface area contributed by atoms with Crippen LogP contribution in [0, 0.1) is 29.6 Å². The van der Waals surface area contributed by atoms with Crippen molar-refractivity contribution in [3.63, 3.8) is 0 Å². The molecule has 1 saturated heterocycles. The number of urea groups is 1. The summed E-state index contributed by atoms with van der Waals surface area (Å²) in [4.78, 5) is 113. The fourth-order valence-electron chi connectivity index (χ4n) is 10.7. The van der Waals surface area contributed by atoms with Crippen LogP contribution in [0.25, 0.3) is 0 Å². The SMILES string of the molecule is CC[C@H](C)[C@@H]([C@@H](CC(=O)N1CCC[C@H]1[C@H](OC)[C@@H](C)C(=O)N[C@H](C)[C@@H](O)c1ccccc1)OC)N(C)C(=O)[C@@H](NC(=O)[C@H](C(C)C)N(C)C(=O)OCc1ccc(NC(=O)[C@H](CCCNC(N)=O)NC(=O)[C@@H](NC)C(C)C)cc1)C(C)C. The number of benzene rings is 2. The second-order valence-corrected chi connectivity index (χ2v) is 22.5. The summed E-state index contributed by atoms with van der Waals surface area (Å²) in [6.45, 7) is 18.9. The molecule has 0 bridgehead atoms. The number of aliphatic hydroxyl groups excluding tert-OH is 1. The Morgan fingerprint density at radius 1 is 0.765 bits per heavy atom. The summed E-state index contributed by atoms with van der Waals surface area (Å²) in [5.41, 5.74) is 6.86. The van der Waals surface area contributed by atoms with Crippen LogP contribution in [0.5, 0.6) is 0 Å². The Balaban J connectivity index is 1.71. The number of hydrogen-bond donors (Lipinski definition) is 8. The lowest BCUT2D eigenvalue weighted by molar-refractivity contribution is -0.148. The van der Waals surface area contributed by atoms with Gasteiger partial charge < -0.3 is 66.8 Å². The fourth-order valence-corrected chi connectivity index (χ4v) is 10.7. The van der Waals surface area contributed by atoms with Crippen LogP contribution in [-0.2, 0) is 49.6 Å². The zero-order valence-electron chi connectivity index (χ0n) is 50.6. The molecule has 0 aromatic heterocycles. The van der Waals surface area contributed by atoms with Crippen molar-refractivity contribution in [2.75, 3.05) is 53.8 Å². The molecule has 454 valence electrons. The number of carbonyl (C=O) groups excluding carboxylic acids is 8. The maximum absolute atomic E-state index is 14.7. The number of amides is 9. The summed E-state index contributed by atoms with van der Waals surface area (Å²) in [5, 5.41) is 27.9. The molecule has 12 atom stereocenters. The van der Waals surface area contributed by atoms with E-state index in [4.69, 9.17) is 19.9 Å². The first-order valence-electron chi connectivity index (χ1n) is 28.5. The van der Waals surface area contributed by atoms with Gasteiger partial charge in [0.05, 0.1) is 54.8 Å². The normalized spacial score (nSPS) is 17.5. The van der Waals surface area contributed by atoms with E-state index in [0.717, 1.165) is 0 Å². The first-order chi connectivity index (χ1) is 38.2. The van der Waals surface area contributed by atoms with Gasteiger partial charge in [0, 0.05) is 47.1 Å². The molecule has 1 heterocycles. The van der Waals surface area contributed by atoms with Gasteiger partial charge in [-0.2, -0.15) is 0 Å². The van der Waals surface area contributed by atoms with Crippen LogP contribution in [0.3, 0.4) is 0 Å². The van der Waals surface area contributed by atoms with E-state index >= 15 is 0 Å². The maximum atomic E-state index is 14.7. The van der Waals surface area contributed by atoms with Gasteiger partial charge in [0.15, 0.2) is 0 Å². The average Bonchev–Trinajstić information content (AvgIpc) is 3.99. The Kier molecular flexibility index (Phi) is 28.5. The molecule has 9 amide bonds. The smallest absolute Gasteiger partial charge is 0.410 e. The number of nitrogens with zero attached hydrogens (tertiary/aromatic N) is 3. The predicted molar refractivity (Wildman–Crippen MR) is 310 cm³/mol. The van der Waals surface area contributed by atoms with E-state index in [1.54, 1.807) is 88.0 Å². The molecule has 81 heavy (non-hydrogen) atoms. The summed E-state index contributed by atoms with van der Waals surface area (Å²) in [5.74, 6) is -3.99. The molecule has 0 saturated carbocycles. The van der Waals surface area contributed by atoms with Gasteiger partial charge in [-0.15, -0.1) is 0 Å². The summed E-state index contributed by atoms with van der Waals surface area (Å²) in [6.07, 6.45) is -0.665. The average molecular weight is 1140 g/mol. The van der Waals surface area contributed by atoms with Gasteiger partial charge in [0.25, 0.3) is 0 Å². The standard InChI is InChI=1S/C59H96N10O12/c1-16-37(8)50(45(79-14)32-46(70)69-31-21-25-44(69)52(80-15)38(9)53(72)63-39(10)51(71)41-22-18-17-19-23-41)67(12)57(76)48(35(4)5)66-56(75)49(36(6)7)68(13)59(78)81-33-40-26-28-42(29-27-40)64-54(73)43(24-20-30-62-58(60)77)65-55(74)47(61-11)34(2)3/h17-19,22-23,26-29,34-39,43-45,47-52,61,71H,16,20-21,24-25,30-33H2,1-15H3,(H,63,72)(H,64,73)(H,65,74)(H,66,75)(H3,60,62,77)/t37-,38+,39+,43-,44-,45+,47-,48-,49-,50-,51+,52+/m0/s1. The van der Waals surface area contributed by atoms with E-state index in [0.29, 0.717) is 49.0 Å². The lowest BCUT2D eigenvalue weighted by atomic mass is 9.89. The van der Waals surface area contributed by atoms with Crippen molar-refractivity contribution < 1.29 is 57.7 Å². The van der Waals surface area contributed by atoms with E-state index in [1.165, 1.54) is 26.2 Å². The molecule has 3 rings (SSSR count). The molecule has 0 radical (unpaired) electrons. The molecule has 0 aliphatic carbocycles. The lowest BCUT2D eigenvalue weighted by Crippen LogP contribution is -2.60. The molecule has 0 spiro atoms. The summed E-state index contributed by atoms with van der Waals surface area (Å²) in [7, 11) is 7.80. The topological polar surface area (TPSA) is 292 Å². The molecular formula is C59H96N10O12. The van der Waals surface area contributed by atoms with E-state index in [1.807, 2.05) is 59.7 Å². The zero-order chi connectivity index (χ0) is 60.8. The molecule has 2 aromatic carbocycles. The number of rotatable bonds is 32. The Hall–Kier alpha value is -6.36. The molecule has 1 aliphatic heterocycles. The number of hydrogen-bond acceptors (Lipinski definition) is 13. The molecule has 2 aromatic rings. The Morgan fingerprint density at radius 2 is 1.40 bits per heavy atom. The molecule has 22 nitrogen and oxygen atoms in total. The van der Waals surface area contributed by atoms with Gasteiger partial charge in [-0.25, -0.2) is 9.59 Å². The number of likely N-dealkylation sites (N-methyl/N-ethyl adjacent to an activating group) is 3. The van der Waals surface area contributed by atoms with Gasteiger partial charge in [0.1, 0.15) is 24.7 Å². The number of primary amides is 1. The van der Waals surface area contributed by atoms with Gasteiger partial charge in [-0.1, -0.05) is 111 Å². The van der Waals surface area contributed by atoms with Crippen molar-refractivity contribution in [2.45, 2.75) is 175 Å². The molecule has 1 aliphatic rings. The van der Waals surface area contributed by atoms with Crippen LogP contribution < -0.4 is 37.6 Å². The second kappa shape index (κ2) is 33.5. The highest BCUT2D eigenvalue weighted by Crippen LogP contribution is 2.30. The van der Waals surface area contributed by atoms with Gasteiger partial charge in [0.2, 0.25) is 35.4 Å². The highest BCUT2D eigenvalue weighted by molar-refractivity contribution is 5.98. The van der Waals surface area contributed by atoms with Crippen molar-refractivity contribution in [3.05, 3.63) is 65.7 Å². The van der Waals surface area contributed by atoms with Crippen LogP contribution in [-0.4, -0.2) is 170 Å². The number of nitrogens with one attached hydrogen (secondary N) is 6. The van der Waals surface area contributed by atoms with Crippen LogP contribution in [0.4, 0.5) is 15.3 Å². The van der Waals surface area contributed by atoms with Crippen molar-refractivity contribution in [3.8, 4) is 0 Å². The Morgan fingerprint density at radius 3 is 1.94 bits per heavy atom. The molecule has 22 heteroatoms. The lowest BCUT2D eigenvalue weighted by Gasteiger charge is -2.41. The van der Waals surface area contributed by atoms with Crippen LogP contribution in [0.1, 0.15) is 125 Å². The third kappa shape index (κ3) is 19.9. The third-order valence-electron chi connectivity index (χ3n) is 15.5. The quantitative estimate of drug-likeness (QED) is 0.0462. The Labute approximate surface area is 480 Å². The first-order valence-corrected chi connectivity index (χ1v) is 28.5. The number of ether oxygens (including phenoxy) is 3. The third-order valence-corrected chi connectivity index (χ3v) is 15.5. The largest absolute Gasteiger partial charge is 0.445 e. The number of anilines is 1. The summed E-state index contributed by atoms with van der Waals surface area (Å²) < 4.78 is 17.7. The van der Waals surface area contributed by atoms with E-state index in [9.17, 15) is 43.5 Å². The van der Waals surface area contributed by atoms with Crippen molar-refractivity contribution in [1.29, 1.82) is 0 Å². The molecule has 9 N–H and O–H groups in total. The van der Waals surface area contributed by atoms with Gasteiger partial charge in [-0.05, 0) is 86.6 Å². The highest BCUT2D eigenvalue weighted by atomic mass is 16.6. The number of carbonyl (C=O) groups is 8. The number of nitrogens with two attached hydrogens (primary N) is 1. The molecule has 1 fully saturated rings. The minimum absolute atomic E-state index is 0.0488. The van der Waals surface area contributed by atoms with Crippen molar-refractivity contribution >= 4 is 53.3 Å². The van der Waals surface area contributed by atoms with Gasteiger partial charge in [-0.3, -0.25) is 33.7 Å². The number of likely N-dealkylation sites (tertiary alicyclic amines) is 1. The molecular weight excluding hydrogens is 1040 g/mol. The monoisotopic (exact) mass is 1140 g/mol. The number of aliphatic hydroxyl groups is 1. The highest BCUT2D eigenvalue weighted by Gasteiger charge is 2.44. The van der Waals surface area contributed by atoms with Crippen LogP contribution in [0.15, 0.2) is 54.6 Å². The van der Waals surface area contributed by atoms with Crippen LogP contribution in [0.2, 0.25) is 0 Å². The summed E-state index contributed by atoms with van der Waals surface area (Å²) in [6, 6.07) is 9.81. The van der Waals surface area contributed by atoms with Crippen molar-refractivity contribution in [2.24, 2.45) is 35.3 Å².